The molecule has 0 fully saturated rings. The molecule has 0 bridgehead atoms. The summed E-state index contributed by atoms with van der Waals surface area (Å²) in [5.74, 6) is 0. The Labute approximate surface area is 122 Å². The first-order chi connectivity index (χ1) is 9.70. The number of nitrogens with zero attached hydrogens (tertiary/aromatic N) is 1. The lowest BCUT2D eigenvalue weighted by atomic mass is 10.1. The molecule has 0 amide bonds. The smallest absolute Gasteiger partial charge is 0.0429 e. The first kappa shape index (κ1) is 14.6. The molecule has 0 saturated heterocycles. The van der Waals surface area contributed by atoms with Crippen LogP contribution in [-0.2, 0) is 13.1 Å². The molecule has 0 unspecified atom stereocenters. The van der Waals surface area contributed by atoms with Gasteiger partial charge in [0, 0.05) is 25.8 Å². The Morgan fingerprint density at radius 1 is 1.00 bits per heavy atom. The molecule has 0 heterocycles. The summed E-state index contributed by atoms with van der Waals surface area (Å²) < 4.78 is 0. The van der Waals surface area contributed by atoms with E-state index in [1.165, 1.54) is 22.4 Å². The monoisotopic (exact) mass is 268 g/mol. The van der Waals surface area contributed by atoms with Gasteiger partial charge in [0.05, 0.1) is 0 Å². The number of benzene rings is 2. The molecular weight excluding hydrogens is 244 g/mol. The Kier molecular flexibility index (Phi) is 5.19. The van der Waals surface area contributed by atoms with Gasteiger partial charge >= 0.3 is 0 Å². The molecule has 0 atom stereocenters. The maximum absolute atomic E-state index is 3.41. The van der Waals surface area contributed by atoms with Crippen LogP contribution in [0.5, 0.6) is 0 Å². The van der Waals surface area contributed by atoms with Crippen molar-refractivity contribution in [1.82, 2.24) is 5.32 Å². The second-order valence-electron chi connectivity index (χ2n) is 5.24. The molecule has 2 aromatic carbocycles. The van der Waals surface area contributed by atoms with Crippen LogP contribution in [0.25, 0.3) is 0 Å². The highest BCUT2D eigenvalue weighted by atomic mass is 15.1. The van der Waals surface area contributed by atoms with Crippen molar-refractivity contribution >= 4 is 5.69 Å². The highest BCUT2D eigenvalue weighted by molar-refractivity contribution is 5.48. The van der Waals surface area contributed by atoms with Crippen molar-refractivity contribution in [3.05, 3.63) is 65.2 Å². The summed E-state index contributed by atoms with van der Waals surface area (Å²) in [5.41, 5.74) is 5.34. The Morgan fingerprint density at radius 3 is 2.45 bits per heavy atom. The lowest BCUT2D eigenvalue weighted by Crippen LogP contribution is -2.19. The number of rotatable bonds is 6. The van der Waals surface area contributed by atoms with Crippen molar-refractivity contribution in [2.24, 2.45) is 0 Å². The zero-order valence-electron chi connectivity index (χ0n) is 12.7. The molecule has 0 saturated carbocycles. The fourth-order valence-corrected chi connectivity index (χ4v) is 2.36. The van der Waals surface area contributed by atoms with Crippen LogP contribution in [0.2, 0.25) is 0 Å². The van der Waals surface area contributed by atoms with E-state index < -0.39 is 0 Å². The van der Waals surface area contributed by atoms with Gasteiger partial charge in [-0.1, -0.05) is 43.3 Å². The van der Waals surface area contributed by atoms with E-state index >= 15 is 0 Å². The van der Waals surface area contributed by atoms with Crippen LogP contribution in [0.15, 0.2) is 48.5 Å². The van der Waals surface area contributed by atoms with Gasteiger partial charge in [0.15, 0.2) is 0 Å². The van der Waals surface area contributed by atoms with Crippen LogP contribution in [0.1, 0.15) is 23.6 Å². The Hall–Kier alpha value is -1.80. The van der Waals surface area contributed by atoms with Crippen LogP contribution in [-0.4, -0.2) is 13.6 Å². The van der Waals surface area contributed by atoms with Crippen LogP contribution in [0.4, 0.5) is 5.69 Å². The predicted molar refractivity (Wildman–Crippen MR) is 87.1 cm³/mol. The number of aryl methyl sites for hydroxylation is 1. The van der Waals surface area contributed by atoms with Gasteiger partial charge in [-0.05, 0) is 42.3 Å². The minimum atomic E-state index is 0.936. The van der Waals surface area contributed by atoms with Gasteiger partial charge in [0.25, 0.3) is 0 Å². The van der Waals surface area contributed by atoms with Gasteiger partial charge < -0.3 is 10.2 Å². The molecule has 1 N–H and O–H groups in total. The number of anilines is 1. The lowest BCUT2D eigenvalue weighted by Gasteiger charge is -2.21. The second-order valence-corrected chi connectivity index (χ2v) is 5.24. The zero-order chi connectivity index (χ0) is 14.4. The maximum Gasteiger partial charge on any atom is 0.0429 e. The maximum atomic E-state index is 3.41. The summed E-state index contributed by atoms with van der Waals surface area (Å²) in [5, 5.41) is 3.41. The van der Waals surface area contributed by atoms with Crippen molar-refractivity contribution in [2.45, 2.75) is 26.9 Å². The molecule has 2 heteroatoms. The highest BCUT2D eigenvalue weighted by Crippen LogP contribution is 2.18. The third kappa shape index (κ3) is 3.84. The molecule has 2 nitrogen and oxygen atoms in total. The van der Waals surface area contributed by atoms with Crippen molar-refractivity contribution in [3.63, 3.8) is 0 Å². The van der Waals surface area contributed by atoms with E-state index in [4.69, 9.17) is 0 Å². The van der Waals surface area contributed by atoms with Gasteiger partial charge in [-0.25, -0.2) is 0 Å². The van der Waals surface area contributed by atoms with Crippen LogP contribution in [0.3, 0.4) is 0 Å². The Balaban J connectivity index is 2.13. The summed E-state index contributed by atoms with van der Waals surface area (Å²) in [6.07, 6.45) is 0. The fraction of sp³-hybridized carbons (Fsp3) is 0.333. The molecule has 2 aromatic rings. The zero-order valence-corrected chi connectivity index (χ0v) is 12.7. The molecule has 0 aliphatic heterocycles. The molecule has 20 heavy (non-hydrogen) atoms. The average Bonchev–Trinajstić information content (AvgIpc) is 2.46. The molecule has 0 spiro atoms. The second kappa shape index (κ2) is 7.11. The minimum absolute atomic E-state index is 0.936. The normalized spacial score (nSPS) is 10.6. The van der Waals surface area contributed by atoms with E-state index in [1.54, 1.807) is 0 Å². The van der Waals surface area contributed by atoms with Crippen molar-refractivity contribution in [3.8, 4) is 0 Å². The third-order valence-corrected chi connectivity index (χ3v) is 3.53. The molecule has 0 aliphatic carbocycles. The molecule has 2 rings (SSSR count). The first-order valence-electron chi connectivity index (χ1n) is 7.26. The van der Waals surface area contributed by atoms with Gasteiger partial charge in [-0.2, -0.15) is 0 Å². The largest absolute Gasteiger partial charge is 0.370 e. The summed E-state index contributed by atoms with van der Waals surface area (Å²) in [4.78, 5) is 2.30. The summed E-state index contributed by atoms with van der Waals surface area (Å²) in [6, 6.07) is 17.3. The van der Waals surface area contributed by atoms with Crippen LogP contribution >= 0.6 is 0 Å². The first-order valence-corrected chi connectivity index (χ1v) is 7.26. The Bertz CT molecular complexity index is 549. The van der Waals surface area contributed by atoms with Gasteiger partial charge in [-0.3, -0.25) is 0 Å². The van der Waals surface area contributed by atoms with Gasteiger partial charge in [0.2, 0.25) is 0 Å². The number of nitrogens with one attached hydrogen (secondary N) is 1. The molecule has 0 radical (unpaired) electrons. The summed E-state index contributed by atoms with van der Waals surface area (Å²) >= 11 is 0. The third-order valence-electron chi connectivity index (χ3n) is 3.53. The van der Waals surface area contributed by atoms with Gasteiger partial charge in [0.1, 0.15) is 0 Å². The lowest BCUT2D eigenvalue weighted by molar-refractivity contribution is 0.717. The van der Waals surface area contributed by atoms with Crippen molar-refractivity contribution < 1.29 is 0 Å². The fourth-order valence-electron chi connectivity index (χ4n) is 2.36. The average molecular weight is 268 g/mol. The Morgan fingerprint density at radius 2 is 1.75 bits per heavy atom. The van der Waals surface area contributed by atoms with Crippen molar-refractivity contribution in [1.29, 1.82) is 0 Å². The standard InChI is InChI=1S/C18H24N2/c1-4-19-13-16-9-5-6-10-17(16)14-20(3)18-11-7-8-15(2)12-18/h5-12,19H,4,13-14H2,1-3H3. The van der Waals surface area contributed by atoms with E-state index in [1.807, 2.05) is 0 Å². The van der Waals surface area contributed by atoms with E-state index in [-0.39, 0.29) is 0 Å². The predicted octanol–water partition coefficient (Wildman–Crippen LogP) is 3.74. The topological polar surface area (TPSA) is 15.3 Å². The quantitative estimate of drug-likeness (QED) is 0.858. The molecule has 0 aliphatic rings. The van der Waals surface area contributed by atoms with E-state index in [2.05, 4.69) is 79.6 Å². The van der Waals surface area contributed by atoms with Crippen LogP contribution < -0.4 is 10.2 Å². The summed E-state index contributed by atoms with van der Waals surface area (Å²) in [7, 11) is 2.15. The highest BCUT2D eigenvalue weighted by Gasteiger charge is 2.06. The summed E-state index contributed by atoms with van der Waals surface area (Å²) in [6.45, 7) is 7.15. The number of hydrogen-bond acceptors (Lipinski definition) is 2. The SMILES string of the molecule is CCNCc1ccccc1CN(C)c1cccc(C)c1. The van der Waals surface area contributed by atoms with Gasteiger partial charge in [-0.15, -0.1) is 0 Å². The van der Waals surface area contributed by atoms with Crippen LogP contribution in [0, 0.1) is 6.92 Å². The minimum Gasteiger partial charge on any atom is -0.370 e. The van der Waals surface area contributed by atoms with E-state index in [0.29, 0.717) is 0 Å². The molecule has 106 valence electrons. The number of hydrogen-bond donors (Lipinski definition) is 1. The van der Waals surface area contributed by atoms with Crippen molar-refractivity contribution in [2.75, 3.05) is 18.5 Å². The molecule has 0 aromatic heterocycles. The molecular formula is C18H24N2. The van der Waals surface area contributed by atoms with E-state index in [9.17, 15) is 0 Å². The van der Waals surface area contributed by atoms with E-state index in [0.717, 1.165) is 19.6 Å².